The zero-order valence-electron chi connectivity index (χ0n) is 11.4. The summed E-state index contributed by atoms with van der Waals surface area (Å²) in [5, 5.41) is 14.8. The molecule has 1 unspecified atom stereocenters. The third-order valence-electron chi connectivity index (χ3n) is 3.99. The van der Waals surface area contributed by atoms with E-state index < -0.39 is 6.04 Å². The quantitative estimate of drug-likeness (QED) is 0.842. The number of carbonyl (C=O) groups excluding carboxylic acids is 1. The minimum Gasteiger partial charge on any atom is -0.326 e. The Bertz CT molecular complexity index is 815. The summed E-state index contributed by atoms with van der Waals surface area (Å²) >= 11 is 3.19. The second-order valence-corrected chi connectivity index (χ2v) is 6.17. The van der Waals surface area contributed by atoms with E-state index in [4.69, 9.17) is 0 Å². The van der Waals surface area contributed by atoms with Gasteiger partial charge in [-0.15, -0.1) is 0 Å². The van der Waals surface area contributed by atoms with Gasteiger partial charge in [-0.2, -0.15) is 4.68 Å². The Morgan fingerprint density at radius 2 is 2.23 bits per heavy atom. The molecule has 112 valence electrons. The third kappa shape index (κ3) is 1.98. The number of rotatable bonds is 1. The topological polar surface area (TPSA) is 72.7 Å². The number of carbonyl (C=O) groups is 1. The fourth-order valence-electron chi connectivity index (χ4n) is 3.01. The van der Waals surface area contributed by atoms with Crippen molar-refractivity contribution in [1.29, 1.82) is 0 Å². The number of allylic oxidation sites excluding steroid dienone is 2. The summed E-state index contributed by atoms with van der Waals surface area (Å²) in [7, 11) is 0. The number of halogens is 2. The van der Waals surface area contributed by atoms with Crippen LogP contribution in [0.25, 0.3) is 0 Å². The summed E-state index contributed by atoms with van der Waals surface area (Å²) in [6.07, 6.45) is 2.11. The van der Waals surface area contributed by atoms with Crippen molar-refractivity contribution in [3.8, 4) is 0 Å². The van der Waals surface area contributed by atoms with Gasteiger partial charge in [0.1, 0.15) is 11.9 Å². The number of fused-ring (bicyclic) bond motifs is 1. The fraction of sp³-hybridized carbons (Fsp3) is 0.286. The molecule has 22 heavy (non-hydrogen) atoms. The Morgan fingerprint density at radius 3 is 3.05 bits per heavy atom. The zero-order valence-corrected chi connectivity index (χ0v) is 13.0. The van der Waals surface area contributed by atoms with Crippen molar-refractivity contribution in [2.45, 2.75) is 25.3 Å². The van der Waals surface area contributed by atoms with Crippen molar-refractivity contribution < 1.29 is 9.18 Å². The van der Waals surface area contributed by atoms with Crippen LogP contribution in [0, 0.1) is 5.82 Å². The van der Waals surface area contributed by atoms with Crippen LogP contribution < -0.4 is 5.32 Å². The summed E-state index contributed by atoms with van der Waals surface area (Å²) in [4.78, 5) is 12.4. The number of ketones is 1. The largest absolute Gasteiger partial charge is 0.326 e. The van der Waals surface area contributed by atoms with Crippen molar-refractivity contribution in [1.82, 2.24) is 20.2 Å². The van der Waals surface area contributed by atoms with Crippen LogP contribution in [0.4, 0.5) is 10.3 Å². The van der Waals surface area contributed by atoms with Crippen LogP contribution in [0.2, 0.25) is 0 Å². The molecule has 6 nitrogen and oxygen atoms in total. The average molecular weight is 364 g/mol. The normalized spacial score (nSPS) is 20.5. The Hall–Kier alpha value is -2.09. The number of hydrogen-bond acceptors (Lipinski definition) is 5. The van der Waals surface area contributed by atoms with Crippen molar-refractivity contribution in [3.63, 3.8) is 0 Å². The molecule has 2 heterocycles. The Labute approximate surface area is 133 Å². The van der Waals surface area contributed by atoms with Crippen molar-refractivity contribution >= 4 is 27.7 Å². The van der Waals surface area contributed by atoms with Gasteiger partial charge in [0.25, 0.3) is 0 Å². The van der Waals surface area contributed by atoms with Gasteiger partial charge in [-0.25, -0.2) is 4.39 Å². The number of nitrogens with one attached hydrogen (secondary N) is 1. The molecule has 0 bridgehead atoms. The molecule has 1 aliphatic heterocycles. The minimum absolute atomic E-state index is 0.0837. The van der Waals surface area contributed by atoms with Gasteiger partial charge in [0.05, 0.1) is 4.47 Å². The Kier molecular flexibility index (Phi) is 3.07. The molecular formula is C14H11BrFN5O. The molecule has 0 saturated heterocycles. The minimum atomic E-state index is -0.425. The standard InChI is InChI=1S/C14H11BrFN5O/c15-8-6-7(4-5-9(8)16)13-12-10(2-1-3-11(12)22)17-14-18-19-20-21(13)14/h4-6,13H,1-3H2,(H,17,18,20). The first-order valence-corrected chi connectivity index (χ1v) is 7.70. The summed E-state index contributed by atoms with van der Waals surface area (Å²) in [5.41, 5.74) is 2.31. The number of tetrazole rings is 1. The van der Waals surface area contributed by atoms with Crippen LogP contribution in [-0.4, -0.2) is 26.0 Å². The van der Waals surface area contributed by atoms with Gasteiger partial charge in [0.15, 0.2) is 5.78 Å². The predicted molar refractivity (Wildman–Crippen MR) is 79.6 cm³/mol. The fourth-order valence-corrected chi connectivity index (χ4v) is 3.40. The van der Waals surface area contributed by atoms with Gasteiger partial charge in [-0.3, -0.25) is 4.79 Å². The molecule has 1 N–H and O–H groups in total. The Balaban J connectivity index is 1.92. The molecule has 2 aliphatic rings. The van der Waals surface area contributed by atoms with Gasteiger partial charge in [0.2, 0.25) is 5.95 Å². The van der Waals surface area contributed by atoms with Gasteiger partial charge in [-0.05, 0) is 56.9 Å². The molecule has 0 saturated carbocycles. The van der Waals surface area contributed by atoms with E-state index in [0.29, 0.717) is 22.4 Å². The molecule has 0 radical (unpaired) electrons. The van der Waals surface area contributed by atoms with Gasteiger partial charge in [-0.1, -0.05) is 11.2 Å². The first-order valence-electron chi connectivity index (χ1n) is 6.91. The molecule has 0 amide bonds. The summed E-state index contributed by atoms with van der Waals surface area (Å²) < 4.78 is 15.4. The van der Waals surface area contributed by atoms with Crippen LogP contribution in [0.5, 0.6) is 0 Å². The zero-order chi connectivity index (χ0) is 15.3. The van der Waals surface area contributed by atoms with Crippen molar-refractivity contribution in [2.75, 3.05) is 5.32 Å². The van der Waals surface area contributed by atoms with Crippen LogP contribution in [-0.2, 0) is 4.79 Å². The molecule has 1 atom stereocenters. The molecule has 4 rings (SSSR count). The van der Waals surface area contributed by atoms with E-state index >= 15 is 0 Å². The summed E-state index contributed by atoms with van der Waals surface area (Å²) in [6.45, 7) is 0. The maximum Gasteiger partial charge on any atom is 0.248 e. The number of benzene rings is 1. The lowest BCUT2D eigenvalue weighted by Gasteiger charge is -2.31. The van der Waals surface area contributed by atoms with Crippen LogP contribution in [0.3, 0.4) is 0 Å². The molecule has 1 aliphatic carbocycles. The number of hydrogen-bond donors (Lipinski definition) is 1. The van der Waals surface area contributed by atoms with E-state index in [1.165, 1.54) is 6.07 Å². The molecule has 0 fully saturated rings. The highest BCUT2D eigenvalue weighted by Crippen LogP contribution is 2.39. The molecule has 2 aromatic rings. The first-order chi connectivity index (χ1) is 10.6. The van der Waals surface area contributed by atoms with Crippen LogP contribution in [0.1, 0.15) is 30.9 Å². The lowest BCUT2D eigenvalue weighted by molar-refractivity contribution is -0.116. The number of aromatic nitrogens is 4. The van der Waals surface area contributed by atoms with E-state index in [0.717, 1.165) is 24.1 Å². The van der Waals surface area contributed by atoms with Crippen molar-refractivity contribution in [2.24, 2.45) is 0 Å². The monoisotopic (exact) mass is 363 g/mol. The molecular weight excluding hydrogens is 353 g/mol. The van der Waals surface area contributed by atoms with Gasteiger partial charge >= 0.3 is 0 Å². The summed E-state index contributed by atoms with van der Waals surface area (Å²) in [6, 6.07) is 4.28. The highest BCUT2D eigenvalue weighted by molar-refractivity contribution is 9.10. The smallest absolute Gasteiger partial charge is 0.248 e. The highest BCUT2D eigenvalue weighted by Gasteiger charge is 2.36. The van der Waals surface area contributed by atoms with E-state index in [-0.39, 0.29) is 11.6 Å². The van der Waals surface area contributed by atoms with E-state index in [1.807, 2.05) is 0 Å². The van der Waals surface area contributed by atoms with Crippen LogP contribution >= 0.6 is 15.9 Å². The van der Waals surface area contributed by atoms with Crippen molar-refractivity contribution in [3.05, 3.63) is 45.3 Å². The first kappa shape index (κ1) is 13.6. The van der Waals surface area contributed by atoms with Gasteiger partial charge < -0.3 is 5.32 Å². The maximum absolute atomic E-state index is 13.5. The third-order valence-corrected chi connectivity index (χ3v) is 4.60. The second-order valence-electron chi connectivity index (χ2n) is 5.32. The molecule has 8 heteroatoms. The maximum atomic E-state index is 13.5. The van der Waals surface area contributed by atoms with E-state index in [9.17, 15) is 9.18 Å². The lowest BCUT2D eigenvalue weighted by atomic mass is 9.85. The highest BCUT2D eigenvalue weighted by atomic mass is 79.9. The van der Waals surface area contributed by atoms with Crippen LogP contribution in [0.15, 0.2) is 33.9 Å². The molecule has 0 spiro atoms. The second kappa shape index (κ2) is 4.98. The molecule has 1 aromatic heterocycles. The number of Topliss-reactive ketones (excluding diaryl/α,β-unsaturated/α-hetero) is 1. The molecule has 1 aromatic carbocycles. The predicted octanol–water partition coefficient (Wildman–Crippen LogP) is 2.60. The Morgan fingerprint density at radius 1 is 1.36 bits per heavy atom. The van der Waals surface area contributed by atoms with E-state index in [1.54, 1.807) is 16.8 Å². The lowest BCUT2D eigenvalue weighted by Crippen LogP contribution is -2.31. The van der Waals surface area contributed by atoms with E-state index in [2.05, 4.69) is 36.8 Å². The number of nitrogens with zero attached hydrogens (tertiary/aromatic N) is 4. The summed E-state index contributed by atoms with van der Waals surface area (Å²) in [5.74, 6) is 0.234. The van der Waals surface area contributed by atoms with Gasteiger partial charge in [0, 0.05) is 17.7 Å². The SMILES string of the molecule is O=C1CCCC2=C1C(c1ccc(F)c(Br)c1)n1nnnc1N2. The average Bonchev–Trinajstić information content (AvgIpc) is 2.96. The number of anilines is 1.